The third kappa shape index (κ3) is 2.85. The zero-order valence-electron chi connectivity index (χ0n) is 11.9. The molecular formula is C17H16BrN3. The van der Waals surface area contributed by atoms with Crippen LogP contribution in [0.2, 0.25) is 0 Å². The van der Waals surface area contributed by atoms with Gasteiger partial charge in [-0.3, -0.25) is 4.98 Å². The highest BCUT2D eigenvalue weighted by molar-refractivity contribution is 9.10. The summed E-state index contributed by atoms with van der Waals surface area (Å²) in [5.41, 5.74) is 12.0. The topological polar surface area (TPSA) is 50.9 Å². The Morgan fingerprint density at radius 3 is 2.48 bits per heavy atom. The molecule has 0 fully saturated rings. The Hall–Kier alpha value is -2.07. The minimum absolute atomic E-state index is 0.639. The van der Waals surface area contributed by atoms with E-state index in [1.807, 2.05) is 18.2 Å². The van der Waals surface area contributed by atoms with Crippen molar-refractivity contribution in [1.82, 2.24) is 4.98 Å². The second-order valence-electron chi connectivity index (χ2n) is 5.25. The summed E-state index contributed by atoms with van der Waals surface area (Å²) < 4.78 is 1.01. The van der Waals surface area contributed by atoms with Crippen LogP contribution in [0, 0.1) is 13.8 Å². The summed E-state index contributed by atoms with van der Waals surface area (Å²) in [6, 6.07) is 12.4. The molecule has 1 aromatic heterocycles. The molecule has 4 heteroatoms. The molecule has 0 atom stereocenters. The highest BCUT2D eigenvalue weighted by Gasteiger charge is 2.08. The molecule has 0 bridgehead atoms. The van der Waals surface area contributed by atoms with Crippen molar-refractivity contribution in [3.8, 4) is 0 Å². The van der Waals surface area contributed by atoms with E-state index in [9.17, 15) is 0 Å². The molecule has 3 aromatic rings. The fourth-order valence-corrected chi connectivity index (χ4v) is 2.87. The fourth-order valence-electron chi connectivity index (χ4n) is 2.51. The molecular weight excluding hydrogens is 326 g/mol. The number of nitrogen functional groups attached to an aromatic ring is 1. The summed E-state index contributed by atoms with van der Waals surface area (Å²) >= 11 is 3.50. The highest BCUT2D eigenvalue weighted by Crippen LogP contribution is 2.32. The monoisotopic (exact) mass is 341 g/mol. The highest BCUT2D eigenvalue weighted by atomic mass is 79.9. The van der Waals surface area contributed by atoms with Gasteiger partial charge in [0.15, 0.2) is 0 Å². The van der Waals surface area contributed by atoms with Gasteiger partial charge in [-0.1, -0.05) is 22.0 Å². The Morgan fingerprint density at radius 1 is 1.05 bits per heavy atom. The lowest BCUT2D eigenvalue weighted by Gasteiger charge is -2.13. The molecule has 3 N–H and O–H groups in total. The Labute approximate surface area is 132 Å². The SMILES string of the molecule is Cc1cc(C)cc(Nc2c(N)cnc3ccc(Br)cc23)c1. The van der Waals surface area contributed by atoms with E-state index >= 15 is 0 Å². The van der Waals surface area contributed by atoms with E-state index in [1.54, 1.807) is 6.20 Å². The van der Waals surface area contributed by atoms with Gasteiger partial charge in [-0.2, -0.15) is 0 Å². The van der Waals surface area contributed by atoms with Crippen molar-refractivity contribution in [2.45, 2.75) is 13.8 Å². The van der Waals surface area contributed by atoms with Crippen LogP contribution in [0.1, 0.15) is 11.1 Å². The van der Waals surface area contributed by atoms with E-state index in [4.69, 9.17) is 5.73 Å². The van der Waals surface area contributed by atoms with Crippen LogP contribution in [0.3, 0.4) is 0 Å². The molecule has 3 nitrogen and oxygen atoms in total. The molecule has 0 spiro atoms. The normalized spacial score (nSPS) is 10.8. The van der Waals surface area contributed by atoms with Gasteiger partial charge in [0.25, 0.3) is 0 Å². The third-order valence-corrected chi connectivity index (χ3v) is 3.84. The van der Waals surface area contributed by atoms with Gasteiger partial charge >= 0.3 is 0 Å². The average Bonchev–Trinajstić information content (AvgIpc) is 2.41. The van der Waals surface area contributed by atoms with Crippen LogP contribution in [0.25, 0.3) is 10.9 Å². The third-order valence-electron chi connectivity index (χ3n) is 3.35. The van der Waals surface area contributed by atoms with Crippen molar-refractivity contribution in [3.05, 3.63) is 58.2 Å². The second kappa shape index (κ2) is 5.37. The Bertz CT molecular complexity index is 802. The van der Waals surface area contributed by atoms with E-state index in [0.29, 0.717) is 5.69 Å². The van der Waals surface area contributed by atoms with Gasteiger partial charge in [-0.05, 0) is 55.3 Å². The molecule has 21 heavy (non-hydrogen) atoms. The number of aromatic nitrogens is 1. The van der Waals surface area contributed by atoms with Gasteiger partial charge < -0.3 is 11.1 Å². The zero-order chi connectivity index (χ0) is 15.0. The van der Waals surface area contributed by atoms with E-state index < -0.39 is 0 Å². The summed E-state index contributed by atoms with van der Waals surface area (Å²) in [5.74, 6) is 0. The van der Waals surface area contributed by atoms with Gasteiger partial charge in [0.05, 0.1) is 23.1 Å². The molecule has 3 rings (SSSR count). The van der Waals surface area contributed by atoms with Gasteiger partial charge in [-0.25, -0.2) is 0 Å². The maximum absolute atomic E-state index is 6.12. The fraction of sp³-hybridized carbons (Fsp3) is 0.118. The Kier molecular flexibility index (Phi) is 3.55. The maximum atomic E-state index is 6.12. The number of halogens is 1. The van der Waals surface area contributed by atoms with Crippen molar-refractivity contribution < 1.29 is 0 Å². The molecule has 0 aliphatic rings. The van der Waals surface area contributed by atoms with Crippen LogP contribution in [0.15, 0.2) is 47.1 Å². The molecule has 2 aromatic carbocycles. The first-order chi connectivity index (χ1) is 10.0. The molecule has 0 aliphatic carbocycles. The standard InChI is InChI=1S/C17H16BrN3/c1-10-5-11(2)7-13(6-10)21-17-14-8-12(18)3-4-16(14)20-9-15(17)19/h3-9H,19H2,1-2H3,(H,20,21). The lowest BCUT2D eigenvalue weighted by molar-refractivity contribution is 1.37. The van der Waals surface area contributed by atoms with Crippen LogP contribution in [-0.4, -0.2) is 4.98 Å². The lowest BCUT2D eigenvalue weighted by Crippen LogP contribution is -1.99. The lowest BCUT2D eigenvalue weighted by atomic mass is 10.1. The molecule has 0 amide bonds. The van der Waals surface area contributed by atoms with E-state index in [2.05, 4.69) is 58.3 Å². The van der Waals surface area contributed by atoms with E-state index in [0.717, 1.165) is 26.8 Å². The first kappa shape index (κ1) is 13.9. The zero-order valence-corrected chi connectivity index (χ0v) is 13.5. The summed E-state index contributed by atoms with van der Waals surface area (Å²) in [7, 11) is 0. The molecule has 1 heterocycles. The number of pyridine rings is 1. The Balaban J connectivity index is 2.15. The summed E-state index contributed by atoms with van der Waals surface area (Å²) in [5, 5.41) is 4.44. The predicted molar refractivity (Wildman–Crippen MR) is 93.1 cm³/mol. The number of hydrogen-bond donors (Lipinski definition) is 2. The number of nitrogens with two attached hydrogens (primary N) is 1. The molecule has 106 valence electrons. The number of nitrogens with one attached hydrogen (secondary N) is 1. The van der Waals surface area contributed by atoms with Crippen LogP contribution in [0.4, 0.5) is 17.1 Å². The number of hydrogen-bond acceptors (Lipinski definition) is 3. The van der Waals surface area contributed by atoms with Crippen molar-refractivity contribution in [1.29, 1.82) is 0 Å². The molecule has 0 unspecified atom stereocenters. The van der Waals surface area contributed by atoms with Gasteiger partial charge in [0, 0.05) is 15.5 Å². The van der Waals surface area contributed by atoms with Gasteiger partial charge in [-0.15, -0.1) is 0 Å². The van der Waals surface area contributed by atoms with Crippen molar-refractivity contribution in [2.24, 2.45) is 0 Å². The largest absolute Gasteiger partial charge is 0.396 e. The summed E-state index contributed by atoms with van der Waals surface area (Å²) in [6.45, 7) is 4.17. The second-order valence-corrected chi connectivity index (χ2v) is 6.17. The van der Waals surface area contributed by atoms with Crippen molar-refractivity contribution >= 4 is 43.9 Å². The van der Waals surface area contributed by atoms with Crippen LogP contribution in [0.5, 0.6) is 0 Å². The van der Waals surface area contributed by atoms with E-state index in [1.165, 1.54) is 11.1 Å². The minimum Gasteiger partial charge on any atom is -0.396 e. The minimum atomic E-state index is 0.639. The van der Waals surface area contributed by atoms with Gasteiger partial charge in [0.2, 0.25) is 0 Å². The van der Waals surface area contributed by atoms with Crippen molar-refractivity contribution in [3.63, 3.8) is 0 Å². The summed E-state index contributed by atoms with van der Waals surface area (Å²) in [6.07, 6.45) is 1.70. The molecule has 0 aliphatic heterocycles. The van der Waals surface area contributed by atoms with Crippen LogP contribution < -0.4 is 11.1 Å². The van der Waals surface area contributed by atoms with Crippen LogP contribution in [-0.2, 0) is 0 Å². The smallest absolute Gasteiger partial charge is 0.0746 e. The molecule has 0 saturated heterocycles. The number of rotatable bonds is 2. The number of benzene rings is 2. The van der Waals surface area contributed by atoms with Crippen LogP contribution >= 0.6 is 15.9 Å². The number of nitrogens with zero attached hydrogens (tertiary/aromatic N) is 1. The molecule has 0 saturated carbocycles. The van der Waals surface area contributed by atoms with Crippen molar-refractivity contribution in [2.75, 3.05) is 11.1 Å². The predicted octanol–water partition coefficient (Wildman–Crippen LogP) is 4.94. The summed E-state index contributed by atoms with van der Waals surface area (Å²) in [4.78, 5) is 4.37. The number of aryl methyl sites for hydroxylation is 2. The quantitative estimate of drug-likeness (QED) is 0.693. The average molecular weight is 342 g/mol. The van der Waals surface area contributed by atoms with E-state index in [-0.39, 0.29) is 0 Å². The first-order valence-electron chi connectivity index (χ1n) is 6.72. The number of fused-ring (bicyclic) bond motifs is 1. The van der Waals surface area contributed by atoms with Gasteiger partial charge in [0.1, 0.15) is 0 Å². The maximum Gasteiger partial charge on any atom is 0.0746 e. The number of anilines is 3. The first-order valence-corrected chi connectivity index (χ1v) is 7.51. The molecule has 0 radical (unpaired) electrons. The Morgan fingerprint density at radius 2 is 1.76 bits per heavy atom.